The summed E-state index contributed by atoms with van der Waals surface area (Å²) in [6, 6.07) is 4.80. The van der Waals surface area contributed by atoms with Crippen molar-refractivity contribution in [3.05, 3.63) is 23.4 Å². The molecule has 6 nitrogen and oxygen atoms in total. The van der Waals surface area contributed by atoms with E-state index in [4.69, 9.17) is 16.9 Å². The fourth-order valence-electron chi connectivity index (χ4n) is 2.24. The van der Waals surface area contributed by atoms with E-state index < -0.39 is 12.2 Å². The van der Waals surface area contributed by atoms with Crippen LogP contribution in [0.15, 0.2) is 18.3 Å². The molecule has 10 heteroatoms. The third-order valence-corrected chi connectivity index (χ3v) is 3.55. The van der Waals surface area contributed by atoms with Crippen molar-refractivity contribution >= 4 is 48.1 Å². The Balaban J connectivity index is 0.00000264. The monoisotopic (exact) mass is 397 g/mol. The van der Waals surface area contributed by atoms with Gasteiger partial charge in [0.25, 0.3) is 0 Å². The van der Waals surface area contributed by atoms with Gasteiger partial charge in [-0.15, -0.1) is 24.8 Å². The number of anilines is 1. The first-order valence-corrected chi connectivity index (χ1v) is 7.37. The molecule has 0 aliphatic carbocycles. The Morgan fingerprint density at radius 1 is 1.46 bits per heavy atom. The normalized spacial score (nSPS) is 19.0. The van der Waals surface area contributed by atoms with Gasteiger partial charge in [-0.25, -0.2) is 9.37 Å². The molecule has 1 aliphatic rings. The van der Waals surface area contributed by atoms with Gasteiger partial charge in [-0.1, -0.05) is 11.6 Å². The minimum atomic E-state index is -1.11. The number of rotatable bonds is 6. The molecule has 1 aliphatic heterocycles. The molecular formula is C14H19Cl3FN5O. The van der Waals surface area contributed by atoms with Crippen molar-refractivity contribution in [2.45, 2.75) is 18.6 Å². The van der Waals surface area contributed by atoms with E-state index in [-0.39, 0.29) is 50.2 Å². The van der Waals surface area contributed by atoms with Crippen molar-refractivity contribution in [1.29, 1.82) is 5.26 Å². The number of halogens is 4. The minimum Gasteiger partial charge on any atom is -0.369 e. The summed E-state index contributed by atoms with van der Waals surface area (Å²) in [5.74, 6) is 0.443. The molecule has 1 saturated heterocycles. The maximum Gasteiger partial charge on any atom is 0.237 e. The third kappa shape index (κ3) is 6.65. The quantitative estimate of drug-likeness (QED) is 0.717. The van der Waals surface area contributed by atoms with Crippen molar-refractivity contribution in [2.75, 3.05) is 31.5 Å². The first kappa shape index (κ1) is 22.7. The molecule has 2 N–H and O–H groups in total. The van der Waals surface area contributed by atoms with E-state index in [2.05, 4.69) is 15.6 Å². The number of nitriles is 1. The van der Waals surface area contributed by atoms with E-state index in [0.717, 1.165) is 0 Å². The highest BCUT2D eigenvalue weighted by Gasteiger charge is 2.34. The zero-order valence-corrected chi connectivity index (χ0v) is 15.1. The molecular weight excluding hydrogens is 380 g/mol. The molecule has 2 rings (SSSR count). The van der Waals surface area contributed by atoms with Gasteiger partial charge in [-0.3, -0.25) is 4.79 Å². The van der Waals surface area contributed by atoms with E-state index in [1.807, 2.05) is 6.07 Å². The number of hydrogen-bond acceptors (Lipinski definition) is 5. The molecule has 1 aromatic rings. The van der Waals surface area contributed by atoms with E-state index in [9.17, 15) is 9.18 Å². The Kier molecular flexibility index (Phi) is 10.6. The summed E-state index contributed by atoms with van der Waals surface area (Å²) in [6.45, 7) is 1.21. The minimum absolute atomic E-state index is 0. The number of aromatic nitrogens is 1. The van der Waals surface area contributed by atoms with E-state index in [1.54, 1.807) is 18.3 Å². The van der Waals surface area contributed by atoms with Gasteiger partial charge in [0, 0.05) is 25.7 Å². The predicted molar refractivity (Wildman–Crippen MR) is 95.7 cm³/mol. The average molecular weight is 399 g/mol. The predicted octanol–water partition coefficient (Wildman–Crippen LogP) is 2.04. The maximum atomic E-state index is 13.2. The van der Waals surface area contributed by atoms with E-state index >= 15 is 0 Å². The standard InChI is InChI=1S/C14H17ClFN5O.2ClH/c15-10-1-2-13(20-7-10)19-4-3-18-8-14(22)21-9-11(16)5-12(21)6-17;;/h1-2,7,11-12,18H,3-5,8-9H2,(H,19,20);2*1H/t11-,12-;;/m0../s1. The zero-order valence-electron chi connectivity index (χ0n) is 12.7. The molecule has 2 atom stereocenters. The third-order valence-electron chi connectivity index (χ3n) is 3.33. The van der Waals surface area contributed by atoms with Gasteiger partial charge in [-0.05, 0) is 12.1 Å². The van der Waals surface area contributed by atoms with Gasteiger partial charge in [0.2, 0.25) is 5.91 Å². The molecule has 0 saturated carbocycles. The fourth-order valence-corrected chi connectivity index (χ4v) is 2.35. The molecule has 134 valence electrons. The maximum absolute atomic E-state index is 13.2. The Labute approximate surface area is 157 Å². The lowest BCUT2D eigenvalue weighted by Gasteiger charge is -2.19. The van der Waals surface area contributed by atoms with Crippen molar-refractivity contribution in [3.63, 3.8) is 0 Å². The number of nitrogens with zero attached hydrogens (tertiary/aromatic N) is 3. The van der Waals surface area contributed by atoms with Gasteiger partial charge in [0.15, 0.2) is 0 Å². The Morgan fingerprint density at radius 3 is 2.83 bits per heavy atom. The number of pyridine rings is 1. The van der Waals surface area contributed by atoms with Crippen molar-refractivity contribution in [3.8, 4) is 6.07 Å². The van der Waals surface area contributed by atoms with Crippen LogP contribution in [0.5, 0.6) is 0 Å². The first-order valence-electron chi connectivity index (χ1n) is 6.99. The summed E-state index contributed by atoms with van der Waals surface area (Å²) in [5, 5.41) is 15.5. The van der Waals surface area contributed by atoms with Crippen LogP contribution < -0.4 is 10.6 Å². The van der Waals surface area contributed by atoms with Gasteiger partial charge in [0.1, 0.15) is 18.0 Å². The molecule has 0 bridgehead atoms. The molecule has 0 unspecified atom stereocenters. The Bertz CT molecular complexity index is 554. The average Bonchev–Trinajstić information content (AvgIpc) is 2.90. The number of amides is 1. The number of carbonyl (C=O) groups excluding carboxylic acids is 1. The molecule has 0 aromatic carbocycles. The Morgan fingerprint density at radius 2 is 2.21 bits per heavy atom. The van der Waals surface area contributed by atoms with E-state index in [1.165, 1.54) is 4.90 Å². The topological polar surface area (TPSA) is 81.0 Å². The van der Waals surface area contributed by atoms with Crippen molar-refractivity contribution < 1.29 is 9.18 Å². The summed E-state index contributed by atoms with van der Waals surface area (Å²) in [6.07, 6.45) is 0.543. The lowest BCUT2D eigenvalue weighted by atomic mass is 10.2. The molecule has 1 fully saturated rings. The van der Waals surface area contributed by atoms with Crippen LogP contribution >= 0.6 is 36.4 Å². The van der Waals surface area contributed by atoms with Crippen LogP contribution in [0, 0.1) is 11.3 Å². The van der Waals surface area contributed by atoms with Crippen LogP contribution in [-0.4, -0.2) is 54.2 Å². The summed E-state index contributed by atoms with van der Waals surface area (Å²) >= 11 is 5.73. The van der Waals surface area contributed by atoms with Gasteiger partial charge < -0.3 is 15.5 Å². The van der Waals surface area contributed by atoms with Gasteiger partial charge >= 0.3 is 0 Å². The van der Waals surface area contributed by atoms with Crippen LogP contribution in [-0.2, 0) is 4.79 Å². The summed E-state index contributed by atoms with van der Waals surface area (Å²) in [7, 11) is 0. The van der Waals surface area contributed by atoms with Gasteiger partial charge in [0.05, 0.1) is 24.2 Å². The van der Waals surface area contributed by atoms with Crippen molar-refractivity contribution in [2.24, 2.45) is 0 Å². The molecule has 0 radical (unpaired) electrons. The van der Waals surface area contributed by atoms with Crippen LogP contribution in [0.4, 0.5) is 10.2 Å². The number of alkyl halides is 1. The highest BCUT2D eigenvalue weighted by atomic mass is 35.5. The zero-order chi connectivity index (χ0) is 15.9. The highest BCUT2D eigenvalue weighted by Crippen LogP contribution is 2.19. The molecule has 1 aromatic heterocycles. The summed E-state index contributed by atoms with van der Waals surface area (Å²) < 4.78 is 13.2. The Hall–Kier alpha value is -1.33. The molecule has 1 amide bonds. The number of nitrogens with one attached hydrogen (secondary N) is 2. The summed E-state index contributed by atoms with van der Waals surface area (Å²) in [5.41, 5.74) is 0. The van der Waals surface area contributed by atoms with Gasteiger partial charge in [-0.2, -0.15) is 5.26 Å². The number of likely N-dealkylation sites (tertiary alicyclic amines) is 1. The summed E-state index contributed by atoms with van der Waals surface area (Å²) in [4.78, 5) is 17.3. The fraction of sp³-hybridized carbons (Fsp3) is 0.500. The first-order chi connectivity index (χ1) is 10.6. The van der Waals surface area contributed by atoms with Crippen LogP contribution in [0.3, 0.4) is 0 Å². The lowest BCUT2D eigenvalue weighted by molar-refractivity contribution is -0.130. The van der Waals surface area contributed by atoms with Crippen LogP contribution in [0.25, 0.3) is 0 Å². The molecule has 2 heterocycles. The number of hydrogen-bond donors (Lipinski definition) is 2. The van der Waals surface area contributed by atoms with E-state index in [0.29, 0.717) is 23.9 Å². The second-order valence-corrected chi connectivity index (χ2v) is 5.43. The SMILES string of the molecule is Cl.Cl.N#C[C@@H]1C[C@H](F)CN1C(=O)CNCCNc1ccc(Cl)cn1. The highest BCUT2D eigenvalue weighted by molar-refractivity contribution is 6.30. The largest absolute Gasteiger partial charge is 0.369 e. The second-order valence-electron chi connectivity index (χ2n) is 4.99. The molecule has 0 spiro atoms. The van der Waals surface area contributed by atoms with Crippen molar-refractivity contribution in [1.82, 2.24) is 15.2 Å². The molecule has 24 heavy (non-hydrogen) atoms. The lowest BCUT2D eigenvalue weighted by Crippen LogP contribution is -2.41. The second kappa shape index (κ2) is 11.3. The number of carbonyl (C=O) groups is 1. The smallest absolute Gasteiger partial charge is 0.237 e. The van der Waals surface area contributed by atoms with Crippen LogP contribution in [0.2, 0.25) is 5.02 Å². The van der Waals surface area contributed by atoms with Crippen LogP contribution in [0.1, 0.15) is 6.42 Å².